The molecule has 0 saturated carbocycles. The van der Waals surface area contributed by atoms with E-state index in [1.807, 2.05) is 6.07 Å². The fraction of sp³-hybridized carbons (Fsp3) is 0.500. The maximum Gasteiger partial charge on any atom is 0.213 e. The van der Waals surface area contributed by atoms with Crippen LogP contribution in [0.2, 0.25) is 0 Å². The fourth-order valence-corrected chi connectivity index (χ4v) is 0.911. The molecular formula is C10H15NO2. The van der Waals surface area contributed by atoms with E-state index < -0.39 is 0 Å². The summed E-state index contributed by atoms with van der Waals surface area (Å²) in [4.78, 5) is 4.04. The Morgan fingerprint density at radius 3 is 2.85 bits per heavy atom. The van der Waals surface area contributed by atoms with Crippen LogP contribution in [0.15, 0.2) is 18.3 Å². The van der Waals surface area contributed by atoms with E-state index in [0.29, 0.717) is 12.5 Å². The molecule has 0 fully saturated rings. The number of hydrogen-bond donors (Lipinski definition) is 1. The quantitative estimate of drug-likeness (QED) is 0.704. The molecule has 0 spiro atoms. The van der Waals surface area contributed by atoms with Gasteiger partial charge in [0.15, 0.2) is 0 Å². The van der Waals surface area contributed by atoms with Gasteiger partial charge in [-0.1, -0.05) is 13.3 Å². The molecule has 1 aromatic heterocycles. The highest BCUT2D eigenvalue weighted by Crippen LogP contribution is 2.07. The molecule has 13 heavy (non-hydrogen) atoms. The van der Waals surface area contributed by atoms with E-state index in [1.54, 1.807) is 12.3 Å². The predicted octanol–water partition coefficient (Wildman–Crippen LogP) is 1.75. The Kier molecular flexibility index (Phi) is 4.26. The van der Waals surface area contributed by atoms with Gasteiger partial charge in [0, 0.05) is 12.3 Å². The number of rotatable bonds is 5. The third-order valence-corrected chi connectivity index (χ3v) is 1.73. The van der Waals surface area contributed by atoms with E-state index in [2.05, 4.69) is 11.9 Å². The summed E-state index contributed by atoms with van der Waals surface area (Å²) >= 11 is 0. The lowest BCUT2D eigenvalue weighted by molar-refractivity contribution is 0.278. The van der Waals surface area contributed by atoms with E-state index in [4.69, 9.17) is 9.84 Å². The van der Waals surface area contributed by atoms with Crippen LogP contribution in [0.5, 0.6) is 5.88 Å². The highest BCUT2D eigenvalue weighted by Gasteiger charge is 1.94. The third kappa shape index (κ3) is 3.42. The molecule has 1 rings (SSSR count). The minimum absolute atomic E-state index is 0.0300. The van der Waals surface area contributed by atoms with Gasteiger partial charge in [-0.2, -0.15) is 0 Å². The molecule has 3 heteroatoms. The lowest BCUT2D eigenvalue weighted by Gasteiger charge is -2.03. The van der Waals surface area contributed by atoms with E-state index in [9.17, 15) is 0 Å². The SMILES string of the molecule is CCCCOc1ccc(CO)cn1. The molecule has 0 saturated heterocycles. The summed E-state index contributed by atoms with van der Waals surface area (Å²) in [7, 11) is 0. The lowest BCUT2D eigenvalue weighted by Crippen LogP contribution is -1.98. The number of aliphatic hydroxyl groups excluding tert-OH is 1. The monoisotopic (exact) mass is 181 g/mol. The summed E-state index contributed by atoms with van der Waals surface area (Å²) in [5.41, 5.74) is 0.808. The Morgan fingerprint density at radius 1 is 1.46 bits per heavy atom. The molecule has 0 aliphatic heterocycles. The van der Waals surface area contributed by atoms with Gasteiger partial charge in [0.2, 0.25) is 5.88 Å². The molecule has 1 aromatic rings. The van der Waals surface area contributed by atoms with Crippen molar-refractivity contribution < 1.29 is 9.84 Å². The minimum Gasteiger partial charge on any atom is -0.478 e. The Labute approximate surface area is 78.4 Å². The normalized spacial score (nSPS) is 10.0. The summed E-state index contributed by atoms with van der Waals surface area (Å²) in [6, 6.07) is 3.59. The van der Waals surface area contributed by atoms with Gasteiger partial charge >= 0.3 is 0 Å². The first kappa shape index (κ1) is 9.99. The van der Waals surface area contributed by atoms with E-state index in [0.717, 1.165) is 18.4 Å². The molecule has 72 valence electrons. The number of ether oxygens (including phenoxy) is 1. The molecule has 0 bridgehead atoms. The van der Waals surface area contributed by atoms with Crippen LogP contribution in [0.4, 0.5) is 0 Å². The third-order valence-electron chi connectivity index (χ3n) is 1.73. The van der Waals surface area contributed by atoms with E-state index in [1.165, 1.54) is 0 Å². The van der Waals surface area contributed by atoms with Gasteiger partial charge in [0.25, 0.3) is 0 Å². The first-order valence-corrected chi connectivity index (χ1v) is 4.55. The zero-order valence-corrected chi connectivity index (χ0v) is 7.86. The Morgan fingerprint density at radius 2 is 2.31 bits per heavy atom. The van der Waals surface area contributed by atoms with Crippen LogP contribution in [0.3, 0.4) is 0 Å². The summed E-state index contributed by atoms with van der Waals surface area (Å²) < 4.78 is 5.35. The van der Waals surface area contributed by atoms with Crippen molar-refractivity contribution in [1.29, 1.82) is 0 Å². The Balaban J connectivity index is 2.40. The van der Waals surface area contributed by atoms with Crippen LogP contribution in [-0.2, 0) is 6.61 Å². The van der Waals surface area contributed by atoms with E-state index >= 15 is 0 Å². The van der Waals surface area contributed by atoms with Gasteiger partial charge < -0.3 is 9.84 Å². The van der Waals surface area contributed by atoms with Crippen molar-refractivity contribution in [3.63, 3.8) is 0 Å². The van der Waals surface area contributed by atoms with Gasteiger partial charge in [-0.05, 0) is 18.1 Å². The maximum atomic E-state index is 8.76. The number of hydrogen-bond acceptors (Lipinski definition) is 3. The van der Waals surface area contributed by atoms with Crippen LogP contribution >= 0.6 is 0 Å². The zero-order chi connectivity index (χ0) is 9.52. The molecule has 0 aliphatic rings. The van der Waals surface area contributed by atoms with Crippen LogP contribution in [0, 0.1) is 0 Å². The van der Waals surface area contributed by atoms with Crippen LogP contribution in [0.25, 0.3) is 0 Å². The van der Waals surface area contributed by atoms with Crippen molar-refractivity contribution in [2.24, 2.45) is 0 Å². The van der Waals surface area contributed by atoms with Crippen molar-refractivity contribution in [3.8, 4) is 5.88 Å². The second-order valence-electron chi connectivity index (χ2n) is 2.86. The van der Waals surface area contributed by atoms with Crippen molar-refractivity contribution in [2.45, 2.75) is 26.4 Å². The first-order chi connectivity index (χ1) is 6.36. The Bertz CT molecular complexity index is 233. The average Bonchev–Trinajstić information content (AvgIpc) is 2.19. The highest BCUT2D eigenvalue weighted by atomic mass is 16.5. The highest BCUT2D eigenvalue weighted by molar-refractivity contribution is 5.16. The molecule has 1 N–H and O–H groups in total. The zero-order valence-electron chi connectivity index (χ0n) is 7.86. The lowest BCUT2D eigenvalue weighted by atomic mass is 10.3. The fourth-order valence-electron chi connectivity index (χ4n) is 0.911. The maximum absolute atomic E-state index is 8.76. The average molecular weight is 181 g/mol. The molecule has 0 aromatic carbocycles. The van der Waals surface area contributed by atoms with Gasteiger partial charge in [-0.15, -0.1) is 0 Å². The van der Waals surface area contributed by atoms with Crippen molar-refractivity contribution in [3.05, 3.63) is 23.9 Å². The van der Waals surface area contributed by atoms with Crippen molar-refractivity contribution >= 4 is 0 Å². The summed E-state index contributed by atoms with van der Waals surface area (Å²) in [6.45, 7) is 2.86. The van der Waals surface area contributed by atoms with E-state index in [-0.39, 0.29) is 6.61 Å². The second-order valence-corrected chi connectivity index (χ2v) is 2.86. The smallest absolute Gasteiger partial charge is 0.213 e. The second kappa shape index (κ2) is 5.54. The number of nitrogens with zero attached hydrogens (tertiary/aromatic N) is 1. The van der Waals surface area contributed by atoms with Gasteiger partial charge in [0.1, 0.15) is 0 Å². The summed E-state index contributed by atoms with van der Waals surface area (Å²) in [6.07, 6.45) is 3.79. The molecule has 0 amide bonds. The Hall–Kier alpha value is -1.09. The number of unbranched alkanes of at least 4 members (excludes halogenated alkanes) is 1. The number of aromatic nitrogens is 1. The van der Waals surface area contributed by atoms with Gasteiger partial charge in [-0.25, -0.2) is 4.98 Å². The molecule has 3 nitrogen and oxygen atoms in total. The number of aliphatic hydroxyl groups is 1. The molecule has 0 radical (unpaired) electrons. The van der Waals surface area contributed by atoms with Crippen LogP contribution in [-0.4, -0.2) is 16.7 Å². The minimum atomic E-state index is 0.0300. The summed E-state index contributed by atoms with van der Waals surface area (Å²) in [5, 5.41) is 8.76. The standard InChI is InChI=1S/C10H15NO2/c1-2-3-6-13-10-5-4-9(8-12)7-11-10/h4-5,7,12H,2-3,6,8H2,1H3. The molecule has 1 heterocycles. The first-order valence-electron chi connectivity index (χ1n) is 4.55. The molecule has 0 atom stereocenters. The van der Waals surface area contributed by atoms with Gasteiger partial charge in [0.05, 0.1) is 13.2 Å². The van der Waals surface area contributed by atoms with Crippen LogP contribution in [0.1, 0.15) is 25.3 Å². The van der Waals surface area contributed by atoms with Gasteiger partial charge in [-0.3, -0.25) is 0 Å². The molecule has 0 aliphatic carbocycles. The largest absolute Gasteiger partial charge is 0.478 e. The topological polar surface area (TPSA) is 42.4 Å². The molecule has 0 unspecified atom stereocenters. The summed E-state index contributed by atoms with van der Waals surface area (Å²) in [5.74, 6) is 0.630. The van der Waals surface area contributed by atoms with Crippen molar-refractivity contribution in [2.75, 3.05) is 6.61 Å². The predicted molar refractivity (Wildman–Crippen MR) is 50.6 cm³/mol. The van der Waals surface area contributed by atoms with Crippen LogP contribution < -0.4 is 4.74 Å². The van der Waals surface area contributed by atoms with Crippen molar-refractivity contribution in [1.82, 2.24) is 4.98 Å². The number of pyridine rings is 1. The molecular weight excluding hydrogens is 166 g/mol.